The Morgan fingerprint density at radius 1 is 0.983 bits per heavy atom. The maximum Gasteiger partial charge on any atom is 0.244 e. The number of hydrogen-bond donors (Lipinski definition) is 5. The van der Waals surface area contributed by atoms with E-state index in [0.717, 1.165) is 30.4 Å². The molecule has 6 rings (SSSR count). The van der Waals surface area contributed by atoms with E-state index in [2.05, 4.69) is 42.0 Å². The largest absolute Gasteiger partial charge is 0.369 e. The van der Waals surface area contributed by atoms with Crippen LogP contribution in [0, 0.1) is 24.5 Å². The number of nitrogen functional groups attached to an aromatic ring is 1. The number of halogens is 2. The number of ether oxygens (including phenoxy) is 1. The molecular weight excluding hydrogens is 781 g/mol. The van der Waals surface area contributed by atoms with Gasteiger partial charge in [0.1, 0.15) is 36.3 Å². The smallest absolute Gasteiger partial charge is 0.244 e. The highest BCUT2D eigenvalue weighted by atomic mass is 19.1. The molecule has 0 aliphatic carbocycles. The summed E-state index contributed by atoms with van der Waals surface area (Å²) in [4.78, 5) is 67.4. The molecule has 7 N–H and O–H groups in total. The molecule has 18 nitrogen and oxygen atoms in total. The number of nitrogens with zero attached hydrogens (tertiary/aromatic N) is 8. The first kappa shape index (κ1) is 43.8. The molecule has 0 unspecified atom stereocenters. The van der Waals surface area contributed by atoms with Gasteiger partial charge >= 0.3 is 0 Å². The van der Waals surface area contributed by atoms with Gasteiger partial charge in [0.15, 0.2) is 5.82 Å². The lowest BCUT2D eigenvalue weighted by molar-refractivity contribution is -0.140. The average molecular weight is 836 g/mol. The fraction of sp³-hybridized carbons (Fsp3) is 0.525. The molecule has 0 spiro atoms. The van der Waals surface area contributed by atoms with E-state index in [4.69, 9.17) is 16.2 Å². The zero-order valence-electron chi connectivity index (χ0n) is 34.3. The third-order valence-electron chi connectivity index (χ3n) is 11.3. The molecule has 3 aliphatic rings. The molecule has 60 heavy (non-hydrogen) atoms. The Labute approximate surface area is 347 Å². The molecule has 2 aromatic heterocycles. The summed E-state index contributed by atoms with van der Waals surface area (Å²) in [6.45, 7) is 10.1. The Bertz CT molecular complexity index is 2020. The molecule has 3 atom stereocenters. The van der Waals surface area contributed by atoms with Crippen molar-refractivity contribution in [1.82, 2.24) is 45.5 Å². The summed E-state index contributed by atoms with van der Waals surface area (Å²) in [5.74, 6) is -1.81. The second kappa shape index (κ2) is 20.0. The van der Waals surface area contributed by atoms with Crippen molar-refractivity contribution in [3.63, 3.8) is 0 Å². The van der Waals surface area contributed by atoms with Gasteiger partial charge in [0, 0.05) is 75.7 Å². The van der Waals surface area contributed by atoms with Crippen LogP contribution in [-0.2, 0) is 23.9 Å². The number of anilines is 3. The normalized spacial score (nSPS) is 18.4. The number of aromatic nitrogens is 4. The van der Waals surface area contributed by atoms with Crippen LogP contribution in [0.4, 0.5) is 26.2 Å². The number of benzene rings is 1. The predicted molar refractivity (Wildman–Crippen MR) is 221 cm³/mol. The number of nitrogens with one attached hydrogen (secondary N) is 3. The van der Waals surface area contributed by atoms with Crippen molar-refractivity contribution >= 4 is 47.2 Å². The maximum absolute atomic E-state index is 13.7. The Hall–Kier alpha value is -5.73. The van der Waals surface area contributed by atoms with Gasteiger partial charge in [-0.1, -0.05) is 32.4 Å². The Morgan fingerprint density at radius 3 is 2.40 bits per heavy atom. The van der Waals surface area contributed by atoms with Gasteiger partial charge in [-0.25, -0.2) is 13.5 Å². The van der Waals surface area contributed by atoms with E-state index in [1.165, 1.54) is 17.0 Å². The summed E-state index contributed by atoms with van der Waals surface area (Å²) in [7, 11) is 0. The summed E-state index contributed by atoms with van der Waals surface area (Å²) in [6.07, 6.45) is 7.34. The van der Waals surface area contributed by atoms with Crippen molar-refractivity contribution in [2.45, 2.75) is 58.2 Å². The quantitative estimate of drug-likeness (QED) is 0.117. The van der Waals surface area contributed by atoms with Gasteiger partial charge in [-0.3, -0.25) is 24.1 Å². The molecule has 3 saturated heterocycles. The Balaban J connectivity index is 0.956. The highest BCUT2D eigenvalue weighted by Gasteiger charge is 2.37. The Morgan fingerprint density at radius 2 is 1.70 bits per heavy atom. The van der Waals surface area contributed by atoms with Crippen molar-refractivity contribution < 1.29 is 32.7 Å². The van der Waals surface area contributed by atoms with Crippen LogP contribution in [0.1, 0.15) is 44.4 Å². The van der Waals surface area contributed by atoms with E-state index >= 15 is 0 Å². The minimum atomic E-state index is -0.841. The van der Waals surface area contributed by atoms with E-state index in [1.54, 1.807) is 16.9 Å². The van der Waals surface area contributed by atoms with Crippen LogP contribution < -0.4 is 37.2 Å². The van der Waals surface area contributed by atoms with Gasteiger partial charge in [0.2, 0.25) is 29.6 Å². The fourth-order valence-corrected chi connectivity index (χ4v) is 7.47. The van der Waals surface area contributed by atoms with E-state index in [-0.39, 0.29) is 43.7 Å². The lowest BCUT2D eigenvalue weighted by atomic mass is 9.97. The summed E-state index contributed by atoms with van der Waals surface area (Å²) in [5.41, 5.74) is 13.8. The van der Waals surface area contributed by atoms with Gasteiger partial charge in [-0.15, -0.1) is 0 Å². The van der Waals surface area contributed by atoms with E-state index in [0.29, 0.717) is 75.9 Å². The standard InChI is InChI=1S/C40H55F2N13O5/c1-4-25(2)37(50-38(58)32-8-6-10-54(32)36(57)21-45-35(56)19-43)39(59)46-24-60-31-22-53(23-31)33-18-34(49-40(44)48-33)55-26(3)27(20-47-55)7-5-9-51-11-13-52(14-12-51)30-16-28(41)15-29(42)17-30/h5,7,15-18,20,25,31-32,37H,4,6,8-14,19,21-24,43H2,1-3H3,(H,45,56)(H,46,59)(H,50,58)(H2,44,48,49)/b7-5+/t25-,32+,37-/m1/s1. The van der Waals surface area contributed by atoms with Crippen LogP contribution in [0.3, 0.4) is 0 Å². The van der Waals surface area contributed by atoms with Gasteiger partial charge in [0.05, 0.1) is 31.1 Å². The minimum absolute atomic E-state index is 0.0681. The molecule has 0 radical (unpaired) electrons. The van der Waals surface area contributed by atoms with E-state index in [9.17, 15) is 28.0 Å². The predicted octanol–water partition coefficient (Wildman–Crippen LogP) is 0.542. The highest BCUT2D eigenvalue weighted by Crippen LogP contribution is 2.25. The number of rotatable bonds is 17. The molecule has 3 aliphatic heterocycles. The zero-order chi connectivity index (χ0) is 42.9. The number of carbonyl (C=O) groups is 4. The Kier molecular flexibility index (Phi) is 14.6. The molecule has 3 fully saturated rings. The van der Waals surface area contributed by atoms with Crippen molar-refractivity contribution in [3.8, 4) is 5.82 Å². The van der Waals surface area contributed by atoms with Crippen LogP contribution in [0.25, 0.3) is 11.9 Å². The molecule has 20 heteroatoms. The number of hydrogen-bond acceptors (Lipinski definition) is 13. The van der Waals surface area contributed by atoms with Crippen molar-refractivity contribution in [1.29, 1.82) is 0 Å². The number of nitrogens with two attached hydrogens (primary N) is 2. The van der Waals surface area contributed by atoms with Crippen molar-refractivity contribution in [2.24, 2.45) is 11.7 Å². The molecule has 0 saturated carbocycles. The zero-order valence-corrected chi connectivity index (χ0v) is 34.3. The highest BCUT2D eigenvalue weighted by molar-refractivity contribution is 5.93. The SMILES string of the molecule is CC[C@@H](C)[C@@H](NC(=O)[C@@H]1CCCN1C(=O)CNC(=O)CN)C(=O)NCOC1CN(c2cc(-n3ncc(/C=C/CN4CCN(c5cc(F)cc(F)c5)CC4)c3C)nc(N)n2)C1. The van der Waals surface area contributed by atoms with Gasteiger partial charge in [-0.05, 0) is 37.8 Å². The first-order chi connectivity index (χ1) is 28.8. The molecule has 4 amide bonds. The number of likely N-dealkylation sites (tertiary alicyclic amines) is 1. The van der Waals surface area contributed by atoms with Crippen LogP contribution in [-0.4, -0.2) is 144 Å². The lowest BCUT2D eigenvalue weighted by Gasteiger charge is -2.39. The van der Waals surface area contributed by atoms with Gasteiger partial charge < -0.3 is 46.9 Å². The molecule has 324 valence electrons. The average Bonchev–Trinajstić information content (AvgIpc) is 3.86. The molecule has 5 heterocycles. The third-order valence-corrected chi connectivity index (χ3v) is 11.3. The van der Waals surface area contributed by atoms with Crippen molar-refractivity contribution in [2.75, 3.05) is 87.7 Å². The van der Waals surface area contributed by atoms with Crippen LogP contribution in [0.5, 0.6) is 0 Å². The first-order valence-electron chi connectivity index (χ1n) is 20.3. The maximum atomic E-state index is 13.7. The topological polar surface area (TPSA) is 222 Å². The summed E-state index contributed by atoms with van der Waals surface area (Å²) in [5, 5.41) is 12.6. The molecule has 0 bridgehead atoms. The van der Waals surface area contributed by atoms with Crippen LogP contribution >= 0.6 is 0 Å². The second-order valence-electron chi connectivity index (χ2n) is 15.3. The summed E-state index contributed by atoms with van der Waals surface area (Å²) in [6, 6.07) is 3.82. The molecular formula is C40H55F2N13O5. The van der Waals surface area contributed by atoms with E-state index in [1.807, 2.05) is 36.6 Å². The molecule has 3 aromatic rings. The summed E-state index contributed by atoms with van der Waals surface area (Å²) < 4.78 is 35.0. The van der Waals surface area contributed by atoms with Crippen LogP contribution in [0.15, 0.2) is 36.5 Å². The monoisotopic (exact) mass is 835 g/mol. The third kappa shape index (κ3) is 10.9. The first-order valence-corrected chi connectivity index (χ1v) is 20.3. The van der Waals surface area contributed by atoms with Crippen LogP contribution in [0.2, 0.25) is 0 Å². The van der Waals surface area contributed by atoms with Gasteiger partial charge in [0.25, 0.3) is 0 Å². The van der Waals surface area contributed by atoms with E-state index < -0.39 is 41.4 Å². The van der Waals surface area contributed by atoms with Gasteiger partial charge in [-0.2, -0.15) is 15.1 Å². The molecule has 1 aromatic carbocycles. The number of amides is 4. The fourth-order valence-electron chi connectivity index (χ4n) is 7.47. The van der Waals surface area contributed by atoms with Crippen molar-refractivity contribution in [3.05, 3.63) is 59.4 Å². The number of piperazine rings is 1. The summed E-state index contributed by atoms with van der Waals surface area (Å²) >= 11 is 0. The number of carbonyl (C=O) groups excluding carboxylic acids is 4. The second-order valence-corrected chi connectivity index (χ2v) is 15.3. The lowest BCUT2D eigenvalue weighted by Crippen LogP contribution is -2.57. The minimum Gasteiger partial charge on any atom is -0.369 e.